The first-order valence-corrected chi connectivity index (χ1v) is 4.49. The summed E-state index contributed by atoms with van der Waals surface area (Å²) >= 11 is 0. The Labute approximate surface area is 93.7 Å². The molecule has 0 unspecified atom stereocenters. The minimum Gasteiger partial charge on any atom is -0.408 e. The second kappa shape index (κ2) is 4.24. The van der Waals surface area contributed by atoms with Gasteiger partial charge in [0.2, 0.25) is 11.8 Å². The average Bonchev–Trinajstić information content (AvgIpc) is 2.68. The van der Waals surface area contributed by atoms with Crippen molar-refractivity contribution in [3.05, 3.63) is 35.5 Å². The van der Waals surface area contributed by atoms with Crippen molar-refractivity contribution in [1.82, 2.24) is 15.2 Å². The molecule has 2 heterocycles. The smallest absolute Gasteiger partial charge is 0.322 e. The van der Waals surface area contributed by atoms with Crippen LogP contribution in [0.1, 0.15) is 16.2 Å². The van der Waals surface area contributed by atoms with Crippen LogP contribution in [0.2, 0.25) is 0 Å². The predicted octanol–water partition coefficient (Wildman–Crippen LogP) is 1.30. The Bertz CT molecular complexity index is 570. The minimum atomic E-state index is -1.35. The molecular weight excluding hydrogens is 234 g/mol. The SMILES string of the molecule is Cc1nnc(NC(=O)c2ccnc(F)c2F)o1. The molecule has 2 aromatic rings. The van der Waals surface area contributed by atoms with Crippen LogP contribution in [0.3, 0.4) is 0 Å². The van der Waals surface area contributed by atoms with E-state index in [-0.39, 0.29) is 11.9 Å². The van der Waals surface area contributed by atoms with E-state index in [0.717, 1.165) is 12.3 Å². The van der Waals surface area contributed by atoms with Crippen LogP contribution < -0.4 is 5.32 Å². The van der Waals surface area contributed by atoms with Crippen molar-refractivity contribution in [2.75, 3.05) is 5.32 Å². The zero-order valence-corrected chi connectivity index (χ0v) is 8.57. The maximum absolute atomic E-state index is 13.2. The Hall–Kier alpha value is -2.38. The molecule has 0 bridgehead atoms. The fourth-order valence-corrected chi connectivity index (χ4v) is 1.11. The summed E-state index contributed by atoms with van der Waals surface area (Å²) in [7, 11) is 0. The average molecular weight is 240 g/mol. The number of carbonyl (C=O) groups excluding carboxylic acids is 1. The summed E-state index contributed by atoms with van der Waals surface area (Å²) in [6.45, 7) is 1.52. The Morgan fingerprint density at radius 3 is 2.82 bits per heavy atom. The zero-order chi connectivity index (χ0) is 12.4. The highest BCUT2D eigenvalue weighted by atomic mass is 19.2. The van der Waals surface area contributed by atoms with Crippen LogP contribution in [0.5, 0.6) is 0 Å². The molecule has 2 aromatic heterocycles. The summed E-state index contributed by atoms with van der Waals surface area (Å²) < 4.78 is 30.8. The third-order valence-corrected chi connectivity index (χ3v) is 1.84. The number of anilines is 1. The highest BCUT2D eigenvalue weighted by molar-refractivity contribution is 6.03. The molecule has 8 heteroatoms. The highest BCUT2D eigenvalue weighted by Gasteiger charge is 2.17. The lowest BCUT2D eigenvalue weighted by Gasteiger charge is -2.01. The second-order valence-electron chi connectivity index (χ2n) is 3.04. The molecule has 0 aliphatic carbocycles. The minimum absolute atomic E-state index is 0.191. The lowest BCUT2D eigenvalue weighted by atomic mass is 10.2. The maximum Gasteiger partial charge on any atom is 0.322 e. The van der Waals surface area contributed by atoms with Crippen molar-refractivity contribution in [2.45, 2.75) is 6.92 Å². The molecule has 0 atom stereocenters. The largest absolute Gasteiger partial charge is 0.408 e. The van der Waals surface area contributed by atoms with E-state index >= 15 is 0 Å². The van der Waals surface area contributed by atoms with Crippen LogP contribution in [0, 0.1) is 18.7 Å². The lowest BCUT2D eigenvalue weighted by molar-refractivity contribution is 0.101. The number of rotatable bonds is 2. The number of amides is 1. The molecule has 0 aromatic carbocycles. The summed E-state index contributed by atoms with van der Waals surface area (Å²) in [6.07, 6.45) is 0.979. The van der Waals surface area contributed by atoms with Gasteiger partial charge in [-0.25, -0.2) is 9.37 Å². The van der Waals surface area contributed by atoms with Gasteiger partial charge in [0.05, 0.1) is 5.56 Å². The van der Waals surface area contributed by atoms with E-state index in [2.05, 4.69) is 20.5 Å². The fourth-order valence-electron chi connectivity index (χ4n) is 1.11. The molecule has 0 radical (unpaired) electrons. The van der Waals surface area contributed by atoms with E-state index < -0.39 is 23.2 Å². The molecule has 17 heavy (non-hydrogen) atoms. The van der Waals surface area contributed by atoms with Crippen molar-refractivity contribution in [3.8, 4) is 0 Å². The van der Waals surface area contributed by atoms with Crippen LogP contribution in [-0.4, -0.2) is 21.1 Å². The Morgan fingerprint density at radius 2 is 2.18 bits per heavy atom. The van der Waals surface area contributed by atoms with E-state index in [0.29, 0.717) is 0 Å². The third kappa shape index (κ3) is 2.25. The second-order valence-corrected chi connectivity index (χ2v) is 3.04. The standard InChI is InChI=1S/C9H6F2N4O2/c1-4-14-15-9(17-4)13-8(16)5-2-3-12-7(11)6(5)10/h2-3H,1H3,(H,13,15,16). The van der Waals surface area contributed by atoms with Gasteiger partial charge < -0.3 is 4.42 Å². The summed E-state index contributed by atoms with van der Waals surface area (Å²) in [5.41, 5.74) is -0.492. The predicted molar refractivity (Wildman–Crippen MR) is 51.1 cm³/mol. The van der Waals surface area contributed by atoms with E-state index in [4.69, 9.17) is 4.42 Å². The van der Waals surface area contributed by atoms with E-state index in [1.54, 1.807) is 0 Å². The van der Waals surface area contributed by atoms with Gasteiger partial charge in [0, 0.05) is 13.1 Å². The first-order valence-electron chi connectivity index (χ1n) is 4.49. The van der Waals surface area contributed by atoms with E-state index in [1.807, 2.05) is 0 Å². The van der Waals surface area contributed by atoms with Crippen LogP contribution >= 0.6 is 0 Å². The molecule has 1 amide bonds. The van der Waals surface area contributed by atoms with Crippen molar-refractivity contribution in [3.63, 3.8) is 0 Å². The topological polar surface area (TPSA) is 80.9 Å². The molecule has 0 saturated carbocycles. The fraction of sp³-hybridized carbons (Fsp3) is 0.111. The van der Waals surface area contributed by atoms with Gasteiger partial charge >= 0.3 is 6.01 Å². The number of halogens is 2. The third-order valence-electron chi connectivity index (χ3n) is 1.84. The number of nitrogens with one attached hydrogen (secondary N) is 1. The maximum atomic E-state index is 13.2. The van der Waals surface area contributed by atoms with Crippen LogP contribution in [0.15, 0.2) is 16.7 Å². The molecule has 0 aliphatic rings. The van der Waals surface area contributed by atoms with Gasteiger partial charge in [0.1, 0.15) is 0 Å². The van der Waals surface area contributed by atoms with Crippen LogP contribution in [0.25, 0.3) is 0 Å². The van der Waals surface area contributed by atoms with Crippen molar-refractivity contribution < 1.29 is 18.0 Å². The molecule has 88 valence electrons. The number of aromatic nitrogens is 3. The Balaban J connectivity index is 2.23. The van der Waals surface area contributed by atoms with Crippen molar-refractivity contribution in [1.29, 1.82) is 0 Å². The highest BCUT2D eigenvalue weighted by Crippen LogP contribution is 2.11. The number of pyridine rings is 1. The van der Waals surface area contributed by atoms with Crippen LogP contribution in [-0.2, 0) is 0 Å². The molecule has 2 rings (SSSR count). The normalized spacial score (nSPS) is 10.3. The summed E-state index contributed by atoms with van der Waals surface area (Å²) in [4.78, 5) is 14.6. The zero-order valence-electron chi connectivity index (χ0n) is 8.57. The summed E-state index contributed by atoms with van der Waals surface area (Å²) in [5.74, 6) is -3.34. The quantitative estimate of drug-likeness (QED) is 0.800. The van der Waals surface area contributed by atoms with Gasteiger partial charge in [-0.05, 0) is 6.07 Å². The molecule has 6 nitrogen and oxygen atoms in total. The van der Waals surface area contributed by atoms with E-state index in [9.17, 15) is 13.6 Å². The molecule has 1 N–H and O–H groups in total. The van der Waals surface area contributed by atoms with Crippen molar-refractivity contribution >= 4 is 11.9 Å². The van der Waals surface area contributed by atoms with Gasteiger partial charge in [-0.15, -0.1) is 5.10 Å². The number of hydrogen-bond donors (Lipinski definition) is 1. The van der Waals surface area contributed by atoms with Gasteiger partial charge in [-0.3, -0.25) is 10.1 Å². The molecule has 0 saturated heterocycles. The number of carbonyl (C=O) groups is 1. The number of aryl methyl sites for hydroxylation is 1. The summed E-state index contributed by atoms with van der Waals surface area (Å²) in [5, 5.41) is 9.08. The monoisotopic (exact) mass is 240 g/mol. The molecule has 0 spiro atoms. The van der Waals surface area contributed by atoms with Gasteiger partial charge in [0.25, 0.3) is 5.91 Å². The lowest BCUT2D eigenvalue weighted by Crippen LogP contribution is -2.15. The van der Waals surface area contributed by atoms with Gasteiger partial charge in [-0.1, -0.05) is 5.10 Å². The number of nitrogens with zero attached hydrogens (tertiary/aromatic N) is 3. The Kier molecular flexibility index (Phi) is 2.77. The van der Waals surface area contributed by atoms with Crippen LogP contribution in [0.4, 0.5) is 14.8 Å². The van der Waals surface area contributed by atoms with E-state index in [1.165, 1.54) is 6.92 Å². The first-order chi connectivity index (χ1) is 8.08. The summed E-state index contributed by atoms with van der Waals surface area (Å²) in [6, 6.07) is 0.848. The molecular formula is C9H6F2N4O2. The van der Waals surface area contributed by atoms with Crippen molar-refractivity contribution in [2.24, 2.45) is 0 Å². The first kappa shape index (κ1) is 11.1. The number of hydrogen-bond acceptors (Lipinski definition) is 5. The van der Waals surface area contributed by atoms with Gasteiger partial charge in [-0.2, -0.15) is 4.39 Å². The van der Waals surface area contributed by atoms with Gasteiger partial charge in [0.15, 0.2) is 5.82 Å². The Morgan fingerprint density at radius 1 is 1.41 bits per heavy atom. The molecule has 0 aliphatic heterocycles. The molecule has 0 fully saturated rings.